The molecule has 1 fully saturated rings. The number of carbonyl (C=O) groups is 1. The van der Waals surface area contributed by atoms with E-state index in [9.17, 15) is 9.90 Å². The van der Waals surface area contributed by atoms with Crippen LogP contribution >= 0.6 is 11.6 Å². The molecule has 1 aromatic rings. The van der Waals surface area contributed by atoms with Gasteiger partial charge in [-0.05, 0) is 30.5 Å². The molecule has 5 heteroatoms. The molecule has 1 atom stereocenters. The highest BCUT2D eigenvalue weighted by molar-refractivity contribution is 6.30. The number of halogens is 1. The summed E-state index contributed by atoms with van der Waals surface area (Å²) in [5.41, 5.74) is -0.215. The highest BCUT2D eigenvalue weighted by Gasteiger charge is 2.33. The molecule has 1 amide bonds. The molecule has 0 radical (unpaired) electrons. The molecule has 1 aliphatic carbocycles. The molecule has 0 unspecified atom stereocenters. The molecule has 1 aromatic carbocycles. The summed E-state index contributed by atoms with van der Waals surface area (Å²) in [6, 6.07) is 8.11. The number of benzene rings is 1. The van der Waals surface area contributed by atoms with Gasteiger partial charge in [0.15, 0.2) is 0 Å². The quantitative estimate of drug-likeness (QED) is 0.896. The molecule has 0 bridgehead atoms. The maximum absolute atomic E-state index is 12.0. The maximum atomic E-state index is 12.0. The van der Waals surface area contributed by atoms with Gasteiger partial charge in [-0.15, -0.1) is 0 Å². The standard InChI is InChI=1S/C15H17ClN2O2/c16-12-5-3-11(4-6-12)13(10-17)18-14(19)9-15(20)7-1-2-8-15/h3-6,13,20H,1-2,7-9H2,(H,18,19)/t13-/m0/s1. The highest BCUT2D eigenvalue weighted by atomic mass is 35.5. The van der Waals surface area contributed by atoms with E-state index in [-0.39, 0.29) is 12.3 Å². The van der Waals surface area contributed by atoms with Gasteiger partial charge in [0.25, 0.3) is 0 Å². The van der Waals surface area contributed by atoms with Crippen molar-refractivity contribution in [1.29, 1.82) is 5.26 Å². The first-order chi connectivity index (χ1) is 9.52. The zero-order valence-electron chi connectivity index (χ0n) is 11.1. The number of hydrogen-bond acceptors (Lipinski definition) is 3. The number of nitriles is 1. The lowest BCUT2D eigenvalue weighted by Gasteiger charge is -2.22. The Morgan fingerprint density at radius 2 is 2.00 bits per heavy atom. The smallest absolute Gasteiger partial charge is 0.224 e. The average molecular weight is 293 g/mol. The van der Waals surface area contributed by atoms with Gasteiger partial charge in [0.2, 0.25) is 5.91 Å². The van der Waals surface area contributed by atoms with Gasteiger partial charge in [-0.25, -0.2) is 0 Å². The summed E-state index contributed by atoms with van der Waals surface area (Å²) < 4.78 is 0. The number of rotatable bonds is 4. The van der Waals surface area contributed by atoms with Crippen LogP contribution in [0.3, 0.4) is 0 Å². The fourth-order valence-electron chi connectivity index (χ4n) is 2.57. The van der Waals surface area contributed by atoms with E-state index < -0.39 is 11.6 Å². The molecule has 1 saturated carbocycles. The van der Waals surface area contributed by atoms with Crippen molar-refractivity contribution in [3.05, 3.63) is 34.9 Å². The number of hydrogen-bond donors (Lipinski definition) is 2. The molecule has 0 aromatic heterocycles. The Bertz CT molecular complexity index is 516. The van der Waals surface area contributed by atoms with Crippen molar-refractivity contribution < 1.29 is 9.90 Å². The van der Waals surface area contributed by atoms with Crippen molar-refractivity contribution in [3.8, 4) is 6.07 Å². The van der Waals surface area contributed by atoms with Crippen LogP contribution in [0.5, 0.6) is 0 Å². The van der Waals surface area contributed by atoms with E-state index in [0.717, 1.165) is 12.8 Å². The van der Waals surface area contributed by atoms with E-state index in [4.69, 9.17) is 16.9 Å². The van der Waals surface area contributed by atoms with Crippen LogP contribution in [0.4, 0.5) is 0 Å². The molecule has 0 aliphatic heterocycles. The van der Waals surface area contributed by atoms with Crippen molar-refractivity contribution in [2.75, 3.05) is 0 Å². The third-order valence-corrected chi connectivity index (χ3v) is 3.91. The highest BCUT2D eigenvalue weighted by Crippen LogP contribution is 2.32. The number of aliphatic hydroxyl groups is 1. The predicted molar refractivity (Wildman–Crippen MR) is 76.0 cm³/mol. The van der Waals surface area contributed by atoms with E-state index >= 15 is 0 Å². The average Bonchev–Trinajstić information content (AvgIpc) is 2.83. The zero-order valence-corrected chi connectivity index (χ0v) is 11.9. The van der Waals surface area contributed by atoms with Crippen LogP contribution in [0.25, 0.3) is 0 Å². The van der Waals surface area contributed by atoms with Gasteiger partial charge >= 0.3 is 0 Å². The Morgan fingerprint density at radius 3 is 2.55 bits per heavy atom. The Kier molecular flexibility index (Phi) is 4.64. The first-order valence-electron chi connectivity index (χ1n) is 6.69. The van der Waals surface area contributed by atoms with Crippen molar-refractivity contribution in [2.45, 2.75) is 43.7 Å². The molecule has 4 nitrogen and oxygen atoms in total. The van der Waals surface area contributed by atoms with Crippen molar-refractivity contribution >= 4 is 17.5 Å². The second kappa shape index (κ2) is 6.25. The summed E-state index contributed by atoms with van der Waals surface area (Å²) in [5.74, 6) is -0.295. The van der Waals surface area contributed by atoms with Gasteiger partial charge < -0.3 is 10.4 Å². The minimum Gasteiger partial charge on any atom is -0.389 e. The maximum Gasteiger partial charge on any atom is 0.224 e. The molecule has 2 N–H and O–H groups in total. The van der Waals surface area contributed by atoms with Crippen LogP contribution in [-0.4, -0.2) is 16.6 Å². The third kappa shape index (κ3) is 3.72. The fraction of sp³-hybridized carbons (Fsp3) is 0.467. The largest absolute Gasteiger partial charge is 0.389 e. The second-order valence-electron chi connectivity index (χ2n) is 5.29. The normalized spacial score (nSPS) is 18.2. The third-order valence-electron chi connectivity index (χ3n) is 3.66. The molecule has 2 rings (SSSR count). The molecular formula is C15H17ClN2O2. The number of carbonyl (C=O) groups excluding carboxylic acids is 1. The van der Waals surface area contributed by atoms with Crippen LogP contribution < -0.4 is 5.32 Å². The van der Waals surface area contributed by atoms with E-state index in [2.05, 4.69) is 5.32 Å². The molecule has 20 heavy (non-hydrogen) atoms. The van der Waals surface area contributed by atoms with Gasteiger partial charge in [0, 0.05) is 5.02 Å². The number of amides is 1. The summed E-state index contributed by atoms with van der Waals surface area (Å²) in [6.45, 7) is 0. The topological polar surface area (TPSA) is 73.1 Å². The summed E-state index contributed by atoms with van der Waals surface area (Å²) in [5, 5.41) is 22.6. The van der Waals surface area contributed by atoms with Crippen molar-refractivity contribution in [3.63, 3.8) is 0 Å². The first kappa shape index (κ1) is 14.8. The van der Waals surface area contributed by atoms with Gasteiger partial charge in [-0.1, -0.05) is 36.6 Å². The fourth-order valence-corrected chi connectivity index (χ4v) is 2.69. The molecule has 0 spiro atoms. The van der Waals surface area contributed by atoms with E-state index in [0.29, 0.717) is 23.4 Å². The molecule has 1 aliphatic rings. The van der Waals surface area contributed by atoms with Gasteiger partial charge in [0.1, 0.15) is 6.04 Å². The molecule has 0 saturated heterocycles. The minimum atomic E-state index is -0.899. The van der Waals surface area contributed by atoms with E-state index in [1.807, 2.05) is 6.07 Å². The monoisotopic (exact) mass is 292 g/mol. The second-order valence-corrected chi connectivity index (χ2v) is 5.73. The van der Waals surface area contributed by atoms with Crippen LogP contribution in [0, 0.1) is 11.3 Å². The van der Waals surface area contributed by atoms with Crippen LogP contribution in [-0.2, 0) is 4.79 Å². The Labute approximate surface area is 123 Å². The number of nitrogens with zero attached hydrogens (tertiary/aromatic N) is 1. The van der Waals surface area contributed by atoms with Crippen molar-refractivity contribution in [1.82, 2.24) is 5.32 Å². The van der Waals surface area contributed by atoms with Gasteiger partial charge in [-0.2, -0.15) is 5.26 Å². The SMILES string of the molecule is N#C[C@H](NC(=O)CC1(O)CCCC1)c1ccc(Cl)cc1. The number of nitrogens with one attached hydrogen (secondary N) is 1. The predicted octanol–water partition coefficient (Wildman–Crippen LogP) is 2.72. The lowest BCUT2D eigenvalue weighted by molar-refractivity contribution is -0.126. The molecular weight excluding hydrogens is 276 g/mol. The Morgan fingerprint density at radius 1 is 1.40 bits per heavy atom. The lowest BCUT2D eigenvalue weighted by Crippen LogP contribution is -2.36. The van der Waals surface area contributed by atoms with E-state index in [1.165, 1.54) is 0 Å². The first-order valence-corrected chi connectivity index (χ1v) is 7.07. The molecule has 0 heterocycles. The van der Waals surface area contributed by atoms with Crippen LogP contribution in [0.1, 0.15) is 43.7 Å². The van der Waals surface area contributed by atoms with Crippen LogP contribution in [0.15, 0.2) is 24.3 Å². The lowest BCUT2D eigenvalue weighted by atomic mass is 9.97. The molecule has 106 valence electrons. The summed E-state index contributed by atoms with van der Waals surface area (Å²) >= 11 is 5.79. The van der Waals surface area contributed by atoms with Crippen molar-refractivity contribution in [2.24, 2.45) is 0 Å². The van der Waals surface area contributed by atoms with E-state index in [1.54, 1.807) is 24.3 Å². The summed E-state index contributed by atoms with van der Waals surface area (Å²) in [6.07, 6.45) is 3.25. The van der Waals surface area contributed by atoms with Crippen LogP contribution in [0.2, 0.25) is 5.02 Å². The summed E-state index contributed by atoms with van der Waals surface area (Å²) in [7, 11) is 0. The van der Waals surface area contributed by atoms with Gasteiger partial charge in [0.05, 0.1) is 18.1 Å². The zero-order chi connectivity index (χ0) is 14.6. The summed E-state index contributed by atoms with van der Waals surface area (Å²) in [4.78, 5) is 12.0. The Hall–Kier alpha value is -1.57. The minimum absolute atomic E-state index is 0.0543. The Balaban J connectivity index is 1.98. The van der Waals surface area contributed by atoms with Gasteiger partial charge in [-0.3, -0.25) is 4.79 Å².